The zero-order valence-corrected chi connectivity index (χ0v) is 14.7. The Labute approximate surface area is 145 Å². The summed E-state index contributed by atoms with van der Waals surface area (Å²) in [5.41, 5.74) is 2.70. The highest BCUT2D eigenvalue weighted by atomic mass is 16.2. The Hall–Kier alpha value is -1.87. The SMILES string of the molecule is CC(=O)N1CCCCC1C1=CCCN(CC=Cc2ccccc2)C1. The van der Waals surface area contributed by atoms with Gasteiger partial charge in [-0.1, -0.05) is 48.6 Å². The van der Waals surface area contributed by atoms with E-state index in [9.17, 15) is 4.79 Å². The maximum atomic E-state index is 11.9. The van der Waals surface area contributed by atoms with E-state index in [2.05, 4.69) is 52.3 Å². The first-order valence-electron chi connectivity index (χ1n) is 9.14. The topological polar surface area (TPSA) is 23.6 Å². The largest absolute Gasteiger partial charge is 0.336 e. The number of piperidine rings is 1. The van der Waals surface area contributed by atoms with Crippen LogP contribution in [0.15, 0.2) is 48.1 Å². The van der Waals surface area contributed by atoms with Crippen LogP contribution >= 0.6 is 0 Å². The number of hydrogen-bond acceptors (Lipinski definition) is 2. The number of amides is 1. The maximum Gasteiger partial charge on any atom is 0.219 e. The van der Waals surface area contributed by atoms with Gasteiger partial charge in [0.15, 0.2) is 0 Å². The average molecular weight is 324 g/mol. The fraction of sp³-hybridized carbons (Fsp3) is 0.476. The lowest BCUT2D eigenvalue weighted by Gasteiger charge is -2.39. The average Bonchev–Trinajstić information content (AvgIpc) is 2.63. The lowest BCUT2D eigenvalue weighted by atomic mass is 9.92. The Kier molecular flexibility index (Phi) is 5.86. The maximum absolute atomic E-state index is 11.9. The zero-order chi connectivity index (χ0) is 16.8. The van der Waals surface area contributed by atoms with Crippen LogP contribution in [0.3, 0.4) is 0 Å². The third-order valence-electron chi connectivity index (χ3n) is 5.07. The highest BCUT2D eigenvalue weighted by Gasteiger charge is 2.29. The van der Waals surface area contributed by atoms with Crippen LogP contribution in [-0.2, 0) is 4.79 Å². The van der Waals surface area contributed by atoms with E-state index in [1.165, 1.54) is 17.6 Å². The highest BCUT2D eigenvalue weighted by molar-refractivity contribution is 5.74. The van der Waals surface area contributed by atoms with Gasteiger partial charge in [-0.3, -0.25) is 9.69 Å². The molecule has 0 N–H and O–H groups in total. The highest BCUT2D eigenvalue weighted by Crippen LogP contribution is 2.26. The second-order valence-electron chi connectivity index (χ2n) is 6.84. The molecule has 2 aliphatic rings. The number of benzene rings is 1. The van der Waals surface area contributed by atoms with Crippen molar-refractivity contribution in [3.05, 3.63) is 53.6 Å². The van der Waals surface area contributed by atoms with Crippen molar-refractivity contribution in [1.29, 1.82) is 0 Å². The van der Waals surface area contributed by atoms with Crippen molar-refractivity contribution in [2.24, 2.45) is 0 Å². The summed E-state index contributed by atoms with van der Waals surface area (Å²) in [5, 5.41) is 0. The number of hydrogen-bond donors (Lipinski definition) is 0. The van der Waals surface area contributed by atoms with Crippen molar-refractivity contribution in [1.82, 2.24) is 9.80 Å². The van der Waals surface area contributed by atoms with Gasteiger partial charge in [-0.25, -0.2) is 0 Å². The van der Waals surface area contributed by atoms with Crippen molar-refractivity contribution in [2.45, 2.75) is 38.6 Å². The van der Waals surface area contributed by atoms with Crippen LogP contribution in [0, 0.1) is 0 Å². The van der Waals surface area contributed by atoms with Crippen molar-refractivity contribution in [3.63, 3.8) is 0 Å². The molecule has 1 saturated heterocycles. The third-order valence-corrected chi connectivity index (χ3v) is 5.07. The van der Waals surface area contributed by atoms with Crippen LogP contribution in [0.1, 0.15) is 38.2 Å². The number of nitrogens with zero attached hydrogens (tertiary/aromatic N) is 2. The lowest BCUT2D eigenvalue weighted by molar-refractivity contribution is -0.131. The molecule has 0 spiro atoms. The molecule has 24 heavy (non-hydrogen) atoms. The molecular formula is C21H28N2O. The van der Waals surface area contributed by atoms with E-state index in [1.54, 1.807) is 6.92 Å². The summed E-state index contributed by atoms with van der Waals surface area (Å²) in [6.45, 7) is 5.70. The van der Waals surface area contributed by atoms with E-state index < -0.39 is 0 Å². The molecule has 2 heterocycles. The monoisotopic (exact) mass is 324 g/mol. The summed E-state index contributed by atoms with van der Waals surface area (Å²) in [4.78, 5) is 16.5. The molecule has 1 aromatic carbocycles. The number of carbonyl (C=O) groups is 1. The molecule has 1 unspecified atom stereocenters. The second-order valence-corrected chi connectivity index (χ2v) is 6.84. The molecule has 0 aliphatic carbocycles. The molecule has 0 saturated carbocycles. The minimum Gasteiger partial charge on any atom is -0.336 e. The van der Waals surface area contributed by atoms with Gasteiger partial charge in [0.2, 0.25) is 5.91 Å². The van der Waals surface area contributed by atoms with Crippen LogP contribution in [0.4, 0.5) is 0 Å². The van der Waals surface area contributed by atoms with Crippen molar-refractivity contribution >= 4 is 12.0 Å². The first kappa shape index (κ1) is 17.0. The Balaban J connectivity index is 1.58. The molecule has 0 bridgehead atoms. The molecule has 3 nitrogen and oxygen atoms in total. The van der Waals surface area contributed by atoms with Gasteiger partial charge >= 0.3 is 0 Å². The van der Waals surface area contributed by atoms with Gasteiger partial charge < -0.3 is 4.90 Å². The van der Waals surface area contributed by atoms with Gasteiger partial charge in [0.1, 0.15) is 0 Å². The number of rotatable bonds is 4. The van der Waals surface area contributed by atoms with Gasteiger partial charge in [-0.05, 0) is 36.8 Å². The van der Waals surface area contributed by atoms with E-state index in [-0.39, 0.29) is 5.91 Å². The van der Waals surface area contributed by atoms with Gasteiger partial charge in [-0.2, -0.15) is 0 Å². The normalized spacial score (nSPS) is 22.6. The summed E-state index contributed by atoms with van der Waals surface area (Å²) in [7, 11) is 0. The van der Waals surface area contributed by atoms with E-state index >= 15 is 0 Å². The molecule has 1 atom stereocenters. The van der Waals surface area contributed by atoms with Gasteiger partial charge in [0, 0.05) is 33.1 Å². The summed E-state index contributed by atoms with van der Waals surface area (Å²) in [6, 6.07) is 10.8. The molecule has 1 aromatic rings. The Bertz CT molecular complexity index is 606. The molecular weight excluding hydrogens is 296 g/mol. The minimum absolute atomic E-state index is 0.224. The van der Waals surface area contributed by atoms with E-state index in [4.69, 9.17) is 0 Å². The lowest BCUT2D eigenvalue weighted by Crippen LogP contribution is -2.46. The van der Waals surface area contributed by atoms with Crippen molar-refractivity contribution < 1.29 is 4.79 Å². The third kappa shape index (κ3) is 4.35. The molecule has 0 aromatic heterocycles. The smallest absolute Gasteiger partial charge is 0.219 e. The number of likely N-dealkylation sites (tertiary alicyclic amines) is 1. The van der Waals surface area contributed by atoms with Crippen LogP contribution in [0.25, 0.3) is 6.08 Å². The van der Waals surface area contributed by atoms with Crippen LogP contribution in [0.2, 0.25) is 0 Å². The summed E-state index contributed by atoms with van der Waals surface area (Å²) in [6.07, 6.45) is 11.4. The Morgan fingerprint density at radius 2 is 2.04 bits per heavy atom. The molecule has 0 radical (unpaired) electrons. The van der Waals surface area contributed by atoms with Gasteiger partial charge in [-0.15, -0.1) is 0 Å². The van der Waals surface area contributed by atoms with Crippen molar-refractivity contribution in [2.75, 3.05) is 26.2 Å². The van der Waals surface area contributed by atoms with Gasteiger partial charge in [0.05, 0.1) is 6.04 Å². The zero-order valence-electron chi connectivity index (χ0n) is 14.7. The summed E-state index contributed by atoms with van der Waals surface area (Å²) >= 11 is 0. The van der Waals surface area contributed by atoms with Crippen LogP contribution in [0.5, 0.6) is 0 Å². The fourth-order valence-corrected chi connectivity index (χ4v) is 3.83. The predicted octanol–water partition coefficient (Wildman–Crippen LogP) is 3.73. The van der Waals surface area contributed by atoms with Crippen LogP contribution < -0.4 is 0 Å². The molecule has 1 fully saturated rings. The van der Waals surface area contributed by atoms with E-state index in [0.717, 1.165) is 45.4 Å². The Morgan fingerprint density at radius 3 is 2.83 bits per heavy atom. The fourth-order valence-electron chi connectivity index (χ4n) is 3.83. The molecule has 128 valence electrons. The van der Waals surface area contributed by atoms with Crippen LogP contribution in [-0.4, -0.2) is 47.9 Å². The van der Waals surface area contributed by atoms with Gasteiger partial charge in [0.25, 0.3) is 0 Å². The molecule has 3 heteroatoms. The quantitative estimate of drug-likeness (QED) is 0.788. The van der Waals surface area contributed by atoms with E-state index in [0.29, 0.717) is 6.04 Å². The summed E-state index contributed by atoms with van der Waals surface area (Å²) < 4.78 is 0. The summed E-state index contributed by atoms with van der Waals surface area (Å²) in [5.74, 6) is 0.224. The van der Waals surface area contributed by atoms with E-state index in [1.807, 2.05) is 6.07 Å². The molecule has 1 amide bonds. The molecule has 2 aliphatic heterocycles. The first-order valence-corrected chi connectivity index (χ1v) is 9.14. The standard InChI is InChI=1S/C21H28N2O/c1-18(24)23-16-6-5-13-21(23)20-12-8-15-22(17-20)14-7-11-19-9-3-2-4-10-19/h2-4,7,9-12,21H,5-6,8,13-17H2,1H3. The second kappa shape index (κ2) is 8.29. The first-order chi connectivity index (χ1) is 11.7. The molecule has 3 rings (SSSR count). The van der Waals surface area contributed by atoms with Crippen molar-refractivity contribution in [3.8, 4) is 0 Å². The number of carbonyl (C=O) groups excluding carboxylic acids is 1. The Morgan fingerprint density at radius 1 is 1.21 bits per heavy atom. The predicted molar refractivity (Wildman–Crippen MR) is 99.6 cm³/mol. The minimum atomic E-state index is 0.224.